The maximum absolute atomic E-state index is 12.4. The number of nitriles is 1. The number of amides is 1. The molecule has 4 aromatic rings. The molecule has 0 fully saturated rings. The van der Waals surface area contributed by atoms with Crippen molar-refractivity contribution in [1.82, 2.24) is 29.9 Å². The molecule has 37 heavy (non-hydrogen) atoms. The second-order valence-electron chi connectivity index (χ2n) is 8.42. The fourth-order valence-electron chi connectivity index (χ4n) is 3.44. The summed E-state index contributed by atoms with van der Waals surface area (Å²) in [5, 5.41) is 20.5. The van der Waals surface area contributed by atoms with Gasteiger partial charge in [0.25, 0.3) is 5.91 Å². The van der Waals surface area contributed by atoms with E-state index in [1.54, 1.807) is 42.3 Å². The van der Waals surface area contributed by atoms with Crippen LogP contribution in [0.25, 0.3) is 22.6 Å². The van der Waals surface area contributed by atoms with E-state index >= 15 is 0 Å². The Kier molecular flexibility index (Phi) is 8.25. The molecule has 0 saturated heterocycles. The summed E-state index contributed by atoms with van der Waals surface area (Å²) in [6, 6.07) is 16.6. The SMILES string of the molecule is COCc1cccc(Cn2cc(-c3cc(-c4cccc(C#N)c4)nc(NC(=O)COC(C)C)n3)nn2)n1. The molecule has 0 unspecified atom stereocenters. The van der Waals surface area contributed by atoms with Gasteiger partial charge in [0.05, 0.1) is 59.9 Å². The molecule has 0 radical (unpaired) electrons. The van der Waals surface area contributed by atoms with Crippen LogP contribution in [0, 0.1) is 11.3 Å². The summed E-state index contributed by atoms with van der Waals surface area (Å²) in [5.41, 5.74) is 4.28. The van der Waals surface area contributed by atoms with E-state index in [0.717, 1.165) is 11.4 Å². The lowest BCUT2D eigenvalue weighted by Crippen LogP contribution is -2.22. The highest BCUT2D eigenvalue weighted by Gasteiger charge is 2.15. The van der Waals surface area contributed by atoms with Gasteiger partial charge in [-0.25, -0.2) is 14.6 Å². The van der Waals surface area contributed by atoms with Crippen LogP contribution in [0.3, 0.4) is 0 Å². The van der Waals surface area contributed by atoms with Gasteiger partial charge < -0.3 is 9.47 Å². The summed E-state index contributed by atoms with van der Waals surface area (Å²) in [4.78, 5) is 25.9. The number of ether oxygens (including phenoxy) is 2. The number of nitrogens with zero attached hydrogens (tertiary/aromatic N) is 7. The second kappa shape index (κ2) is 11.9. The molecule has 0 aliphatic carbocycles. The Bertz CT molecular complexity index is 1430. The molecule has 0 atom stereocenters. The number of methoxy groups -OCH3 is 1. The Balaban J connectivity index is 1.64. The van der Waals surface area contributed by atoms with Crippen molar-refractivity contribution in [2.24, 2.45) is 0 Å². The average Bonchev–Trinajstić information content (AvgIpc) is 3.36. The topological polar surface area (TPSA) is 141 Å². The molecule has 0 saturated carbocycles. The molecule has 11 heteroatoms. The summed E-state index contributed by atoms with van der Waals surface area (Å²) >= 11 is 0. The fourth-order valence-corrected chi connectivity index (χ4v) is 3.44. The van der Waals surface area contributed by atoms with Crippen LogP contribution in [0.1, 0.15) is 30.8 Å². The van der Waals surface area contributed by atoms with Gasteiger partial charge in [-0.2, -0.15) is 5.26 Å². The summed E-state index contributed by atoms with van der Waals surface area (Å²) in [7, 11) is 1.62. The van der Waals surface area contributed by atoms with E-state index in [4.69, 9.17) is 9.47 Å². The van der Waals surface area contributed by atoms with Crippen molar-refractivity contribution in [1.29, 1.82) is 5.26 Å². The zero-order valence-corrected chi connectivity index (χ0v) is 20.8. The molecule has 0 aliphatic rings. The first kappa shape index (κ1) is 25.6. The minimum Gasteiger partial charge on any atom is -0.378 e. The monoisotopic (exact) mass is 498 g/mol. The van der Waals surface area contributed by atoms with Crippen molar-refractivity contribution < 1.29 is 14.3 Å². The zero-order valence-electron chi connectivity index (χ0n) is 20.8. The van der Waals surface area contributed by atoms with Crippen molar-refractivity contribution in [3.8, 4) is 28.7 Å². The Morgan fingerprint density at radius 2 is 1.84 bits per heavy atom. The Hall–Kier alpha value is -4.53. The van der Waals surface area contributed by atoms with Crippen LogP contribution >= 0.6 is 0 Å². The predicted octanol–water partition coefficient (Wildman–Crippen LogP) is 3.23. The van der Waals surface area contributed by atoms with Crippen molar-refractivity contribution >= 4 is 11.9 Å². The molecule has 3 heterocycles. The number of aromatic nitrogens is 6. The molecule has 0 aliphatic heterocycles. The van der Waals surface area contributed by atoms with Gasteiger partial charge in [-0.1, -0.05) is 23.4 Å². The maximum Gasteiger partial charge on any atom is 0.252 e. The minimum absolute atomic E-state index is 0.0932. The quantitative estimate of drug-likeness (QED) is 0.349. The van der Waals surface area contributed by atoms with Crippen LogP contribution in [0.15, 0.2) is 54.7 Å². The van der Waals surface area contributed by atoms with Gasteiger partial charge in [-0.3, -0.25) is 15.1 Å². The fraction of sp³-hybridized carbons (Fsp3) is 0.269. The van der Waals surface area contributed by atoms with Gasteiger partial charge in [0.2, 0.25) is 5.95 Å². The minimum atomic E-state index is -0.381. The Morgan fingerprint density at radius 3 is 2.62 bits per heavy atom. The van der Waals surface area contributed by atoms with Gasteiger partial charge in [0.1, 0.15) is 12.3 Å². The number of carbonyl (C=O) groups is 1. The molecule has 1 N–H and O–H groups in total. The standard InChI is InChI=1S/C26H26N8O3/c1-17(2)37-16-25(35)31-26-29-22(19-7-4-6-18(10-19)12-27)11-23(30-26)24-14-34(33-32-24)13-20-8-5-9-21(28-20)15-36-3/h4-11,14,17H,13,15-16H2,1-3H3,(H,29,30,31,35). The van der Waals surface area contributed by atoms with Gasteiger partial charge in [-0.05, 0) is 44.2 Å². The summed E-state index contributed by atoms with van der Waals surface area (Å²) in [6.45, 7) is 4.39. The lowest BCUT2D eigenvalue weighted by atomic mass is 10.1. The first-order valence-electron chi connectivity index (χ1n) is 11.6. The Morgan fingerprint density at radius 1 is 1.05 bits per heavy atom. The highest BCUT2D eigenvalue weighted by atomic mass is 16.5. The highest BCUT2D eigenvalue weighted by molar-refractivity contribution is 5.90. The molecule has 0 spiro atoms. The van der Waals surface area contributed by atoms with Crippen LogP contribution in [0.5, 0.6) is 0 Å². The highest BCUT2D eigenvalue weighted by Crippen LogP contribution is 2.25. The smallest absolute Gasteiger partial charge is 0.252 e. The lowest BCUT2D eigenvalue weighted by molar-refractivity contribution is -0.122. The van der Waals surface area contributed by atoms with E-state index < -0.39 is 0 Å². The van der Waals surface area contributed by atoms with Gasteiger partial charge in [0.15, 0.2) is 0 Å². The van der Waals surface area contributed by atoms with Gasteiger partial charge >= 0.3 is 0 Å². The van der Waals surface area contributed by atoms with E-state index in [0.29, 0.717) is 41.4 Å². The van der Waals surface area contributed by atoms with Crippen LogP contribution < -0.4 is 5.32 Å². The number of hydrogen-bond acceptors (Lipinski definition) is 9. The van der Waals surface area contributed by atoms with Crippen molar-refractivity contribution in [2.45, 2.75) is 33.1 Å². The summed E-state index contributed by atoms with van der Waals surface area (Å²) in [6.07, 6.45) is 1.65. The Labute approximate surface area is 214 Å². The number of carbonyl (C=O) groups excluding carboxylic acids is 1. The third-order valence-corrected chi connectivity index (χ3v) is 5.09. The summed E-state index contributed by atoms with van der Waals surface area (Å²) in [5.74, 6) is -0.288. The molecule has 188 valence electrons. The van der Waals surface area contributed by atoms with Crippen LogP contribution in [-0.4, -0.2) is 55.7 Å². The number of anilines is 1. The zero-order chi connectivity index (χ0) is 26.2. The molecular formula is C26H26N8O3. The van der Waals surface area contributed by atoms with Crippen LogP contribution in [0.4, 0.5) is 5.95 Å². The molecule has 1 amide bonds. The first-order chi connectivity index (χ1) is 17.9. The van der Waals surface area contributed by atoms with E-state index in [2.05, 4.69) is 36.7 Å². The van der Waals surface area contributed by atoms with Crippen molar-refractivity contribution in [3.05, 3.63) is 71.7 Å². The largest absolute Gasteiger partial charge is 0.378 e. The summed E-state index contributed by atoms with van der Waals surface area (Å²) < 4.78 is 12.2. The second-order valence-corrected chi connectivity index (χ2v) is 8.42. The number of nitrogens with one attached hydrogen (secondary N) is 1. The van der Waals surface area contributed by atoms with Crippen molar-refractivity contribution in [2.75, 3.05) is 19.0 Å². The normalized spacial score (nSPS) is 10.9. The van der Waals surface area contributed by atoms with E-state index in [-0.39, 0.29) is 24.6 Å². The van der Waals surface area contributed by atoms with Crippen LogP contribution in [0.2, 0.25) is 0 Å². The number of rotatable bonds is 10. The third kappa shape index (κ3) is 7.00. The van der Waals surface area contributed by atoms with Gasteiger partial charge in [-0.15, -0.1) is 5.10 Å². The third-order valence-electron chi connectivity index (χ3n) is 5.09. The molecule has 11 nitrogen and oxygen atoms in total. The van der Waals surface area contributed by atoms with Crippen molar-refractivity contribution in [3.63, 3.8) is 0 Å². The van der Waals surface area contributed by atoms with Gasteiger partial charge in [0, 0.05) is 12.7 Å². The van der Waals surface area contributed by atoms with E-state index in [1.807, 2.05) is 38.1 Å². The number of hydrogen-bond donors (Lipinski definition) is 1. The average molecular weight is 499 g/mol. The molecule has 1 aromatic carbocycles. The lowest BCUT2D eigenvalue weighted by Gasteiger charge is -2.10. The maximum atomic E-state index is 12.4. The molecule has 0 bridgehead atoms. The molecular weight excluding hydrogens is 472 g/mol. The van der Waals surface area contributed by atoms with E-state index in [1.165, 1.54) is 0 Å². The van der Waals surface area contributed by atoms with E-state index in [9.17, 15) is 10.1 Å². The predicted molar refractivity (Wildman–Crippen MR) is 135 cm³/mol. The number of pyridine rings is 1. The number of benzene rings is 1. The first-order valence-corrected chi connectivity index (χ1v) is 11.6. The molecule has 4 rings (SSSR count). The van der Waals surface area contributed by atoms with Crippen LogP contribution in [-0.2, 0) is 27.4 Å². The molecule has 3 aromatic heterocycles.